The number of nitrogens with one attached hydrogen (secondary N) is 2. The molecule has 0 radical (unpaired) electrons. The van der Waals surface area contributed by atoms with Gasteiger partial charge in [-0.3, -0.25) is 10.2 Å². The van der Waals surface area contributed by atoms with E-state index < -0.39 is 11.4 Å². The smallest absolute Gasteiger partial charge is 0.251 e. The molecular formula is C20H22FN3O2. The predicted octanol–water partition coefficient (Wildman–Crippen LogP) is 2.86. The number of amides is 1. The summed E-state index contributed by atoms with van der Waals surface area (Å²) in [5.41, 5.74) is 6.90. The summed E-state index contributed by atoms with van der Waals surface area (Å²) in [6.07, 6.45) is 3.43. The largest absolute Gasteiger partial charge is 0.398 e. The second-order valence-corrected chi connectivity index (χ2v) is 6.79. The number of halogens is 1. The number of anilines is 1. The molecule has 0 unspecified atom stereocenters. The molecule has 5 N–H and O–H groups in total. The van der Waals surface area contributed by atoms with E-state index in [1.54, 1.807) is 18.2 Å². The molecule has 1 amide bonds. The van der Waals surface area contributed by atoms with Crippen molar-refractivity contribution in [2.75, 3.05) is 12.3 Å². The van der Waals surface area contributed by atoms with Crippen molar-refractivity contribution >= 4 is 17.3 Å². The van der Waals surface area contributed by atoms with E-state index in [2.05, 4.69) is 5.32 Å². The molecule has 2 aromatic rings. The molecule has 5 nitrogen and oxygen atoms in total. The van der Waals surface area contributed by atoms with Gasteiger partial charge in [0.1, 0.15) is 5.82 Å². The van der Waals surface area contributed by atoms with E-state index in [4.69, 9.17) is 11.1 Å². The van der Waals surface area contributed by atoms with Gasteiger partial charge in [0.05, 0.1) is 17.9 Å². The molecule has 1 saturated carbocycles. The fourth-order valence-electron chi connectivity index (χ4n) is 3.40. The van der Waals surface area contributed by atoms with Gasteiger partial charge < -0.3 is 16.2 Å². The Morgan fingerprint density at radius 2 is 1.92 bits per heavy atom. The normalized spacial score (nSPS) is 15.6. The van der Waals surface area contributed by atoms with E-state index in [1.165, 1.54) is 24.3 Å². The van der Waals surface area contributed by atoms with E-state index >= 15 is 0 Å². The van der Waals surface area contributed by atoms with Crippen LogP contribution in [0.5, 0.6) is 0 Å². The number of aliphatic hydroxyl groups is 1. The van der Waals surface area contributed by atoms with Gasteiger partial charge in [0.2, 0.25) is 0 Å². The maximum Gasteiger partial charge on any atom is 0.251 e. The highest BCUT2D eigenvalue weighted by molar-refractivity contribution is 6.14. The number of benzene rings is 2. The second kappa shape index (κ2) is 7.25. The van der Waals surface area contributed by atoms with Crippen LogP contribution in [0.1, 0.15) is 47.2 Å². The Kier molecular flexibility index (Phi) is 5.04. The lowest BCUT2D eigenvalue weighted by molar-refractivity contribution is 0.0838. The minimum Gasteiger partial charge on any atom is -0.398 e. The number of carbonyl (C=O) groups is 1. The third kappa shape index (κ3) is 3.60. The summed E-state index contributed by atoms with van der Waals surface area (Å²) in [5.74, 6) is -0.750. The van der Waals surface area contributed by atoms with Crippen LogP contribution in [0, 0.1) is 11.2 Å². The summed E-state index contributed by atoms with van der Waals surface area (Å²) >= 11 is 0. The second-order valence-electron chi connectivity index (χ2n) is 6.79. The molecule has 0 heterocycles. The lowest BCUT2D eigenvalue weighted by Crippen LogP contribution is -2.49. The predicted molar refractivity (Wildman–Crippen MR) is 98.9 cm³/mol. The van der Waals surface area contributed by atoms with Crippen molar-refractivity contribution < 1.29 is 14.3 Å². The molecule has 0 aliphatic heterocycles. The Balaban J connectivity index is 1.87. The summed E-state index contributed by atoms with van der Waals surface area (Å²) < 4.78 is 13.4. The Labute approximate surface area is 151 Å². The van der Waals surface area contributed by atoms with Gasteiger partial charge >= 0.3 is 0 Å². The Morgan fingerprint density at radius 3 is 2.58 bits per heavy atom. The van der Waals surface area contributed by atoms with Crippen LogP contribution in [-0.4, -0.2) is 28.9 Å². The summed E-state index contributed by atoms with van der Waals surface area (Å²) in [7, 11) is 0. The Morgan fingerprint density at radius 1 is 1.19 bits per heavy atom. The van der Waals surface area contributed by atoms with Crippen molar-refractivity contribution in [3.05, 3.63) is 65.0 Å². The number of rotatable bonds is 5. The third-order valence-electron chi connectivity index (χ3n) is 4.94. The maximum absolute atomic E-state index is 13.4. The monoisotopic (exact) mass is 355 g/mol. The van der Waals surface area contributed by atoms with Crippen LogP contribution in [0.15, 0.2) is 42.5 Å². The summed E-state index contributed by atoms with van der Waals surface area (Å²) in [6.45, 7) is -0.0975. The van der Waals surface area contributed by atoms with Crippen molar-refractivity contribution in [3.63, 3.8) is 0 Å². The number of aliphatic hydroxyl groups excluding tert-OH is 1. The zero-order valence-electron chi connectivity index (χ0n) is 14.4. The molecule has 0 saturated heterocycles. The van der Waals surface area contributed by atoms with E-state index in [0.29, 0.717) is 22.4 Å². The van der Waals surface area contributed by atoms with Crippen LogP contribution in [0.2, 0.25) is 0 Å². The summed E-state index contributed by atoms with van der Waals surface area (Å²) in [6, 6.07) is 10.4. The lowest BCUT2D eigenvalue weighted by atomic mass is 9.96. The summed E-state index contributed by atoms with van der Waals surface area (Å²) in [4.78, 5) is 12.6. The fourth-order valence-corrected chi connectivity index (χ4v) is 3.40. The average Bonchev–Trinajstić information content (AvgIpc) is 3.10. The average molecular weight is 355 g/mol. The first-order chi connectivity index (χ1) is 12.4. The van der Waals surface area contributed by atoms with Gasteiger partial charge in [0.25, 0.3) is 5.91 Å². The van der Waals surface area contributed by atoms with E-state index in [9.17, 15) is 14.3 Å². The first-order valence-corrected chi connectivity index (χ1v) is 8.62. The zero-order chi connectivity index (χ0) is 18.7. The lowest BCUT2D eigenvalue weighted by Gasteiger charge is -2.28. The molecule has 1 aliphatic carbocycles. The number of hydrogen-bond acceptors (Lipinski definition) is 4. The van der Waals surface area contributed by atoms with Crippen LogP contribution < -0.4 is 11.1 Å². The topological polar surface area (TPSA) is 99.2 Å². The zero-order valence-corrected chi connectivity index (χ0v) is 14.4. The van der Waals surface area contributed by atoms with Gasteiger partial charge in [-0.05, 0) is 43.2 Å². The van der Waals surface area contributed by atoms with Gasteiger partial charge in [-0.1, -0.05) is 25.0 Å². The van der Waals surface area contributed by atoms with Crippen molar-refractivity contribution in [2.45, 2.75) is 31.2 Å². The standard InChI is InChI=1S/C20H22FN3O2/c21-15-5-3-4-13(10-15)18(23)16-11-14(6-7-17(16)22)19(26)24-20(12-25)8-1-2-9-20/h3-7,10-11,23,25H,1-2,8-9,12,22H2,(H,24,26). The van der Waals surface area contributed by atoms with Crippen LogP contribution in [0.3, 0.4) is 0 Å². The quantitative estimate of drug-likeness (QED) is 0.490. The van der Waals surface area contributed by atoms with Gasteiger partial charge in [-0.2, -0.15) is 0 Å². The molecule has 1 aliphatic rings. The molecule has 1 fully saturated rings. The number of nitrogens with two attached hydrogens (primary N) is 1. The van der Waals surface area contributed by atoms with Crippen molar-refractivity contribution in [2.24, 2.45) is 0 Å². The van der Waals surface area contributed by atoms with E-state index in [1.807, 2.05) is 0 Å². The van der Waals surface area contributed by atoms with Crippen LogP contribution >= 0.6 is 0 Å². The fraction of sp³-hybridized carbons (Fsp3) is 0.300. The highest BCUT2D eigenvalue weighted by atomic mass is 19.1. The highest BCUT2D eigenvalue weighted by Gasteiger charge is 2.34. The molecule has 26 heavy (non-hydrogen) atoms. The molecular weight excluding hydrogens is 333 g/mol. The Bertz CT molecular complexity index is 845. The van der Waals surface area contributed by atoms with Gasteiger partial charge in [0, 0.05) is 22.4 Å². The van der Waals surface area contributed by atoms with E-state index in [-0.39, 0.29) is 18.2 Å². The van der Waals surface area contributed by atoms with Crippen LogP contribution in [0.4, 0.5) is 10.1 Å². The van der Waals surface area contributed by atoms with Gasteiger partial charge in [-0.15, -0.1) is 0 Å². The first kappa shape index (κ1) is 18.1. The molecule has 0 atom stereocenters. The van der Waals surface area contributed by atoms with Crippen molar-refractivity contribution in [1.29, 1.82) is 5.41 Å². The minimum atomic E-state index is -0.575. The molecule has 0 spiro atoms. The third-order valence-corrected chi connectivity index (χ3v) is 4.94. The maximum atomic E-state index is 13.4. The summed E-state index contributed by atoms with van der Waals surface area (Å²) in [5, 5.41) is 20.9. The Hall–Kier alpha value is -2.73. The van der Waals surface area contributed by atoms with Gasteiger partial charge in [-0.25, -0.2) is 4.39 Å². The first-order valence-electron chi connectivity index (χ1n) is 8.62. The number of carbonyl (C=O) groups excluding carboxylic acids is 1. The SMILES string of the molecule is N=C(c1cccc(F)c1)c1cc(C(=O)NC2(CO)CCCC2)ccc1N. The molecule has 3 rings (SSSR count). The van der Waals surface area contributed by atoms with E-state index in [0.717, 1.165) is 25.7 Å². The molecule has 2 aromatic carbocycles. The highest BCUT2D eigenvalue weighted by Crippen LogP contribution is 2.29. The van der Waals surface area contributed by atoms with Crippen molar-refractivity contribution in [1.82, 2.24) is 5.32 Å². The molecule has 6 heteroatoms. The van der Waals surface area contributed by atoms with Crippen molar-refractivity contribution in [3.8, 4) is 0 Å². The van der Waals surface area contributed by atoms with Gasteiger partial charge in [0.15, 0.2) is 0 Å². The minimum absolute atomic E-state index is 0.0504. The van der Waals surface area contributed by atoms with Crippen LogP contribution in [-0.2, 0) is 0 Å². The molecule has 0 bridgehead atoms. The number of nitrogen functional groups attached to an aromatic ring is 1. The molecule has 136 valence electrons. The van der Waals surface area contributed by atoms with Crippen LogP contribution in [0.25, 0.3) is 0 Å². The number of hydrogen-bond donors (Lipinski definition) is 4. The molecule has 0 aromatic heterocycles.